The van der Waals surface area contributed by atoms with E-state index in [1.807, 2.05) is 38.3 Å². The highest BCUT2D eigenvalue weighted by Gasteiger charge is 2.07. The summed E-state index contributed by atoms with van der Waals surface area (Å²) in [6, 6.07) is 20.9. The second kappa shape index (κ2) is 8.83. The molecule has 0 saturated carbocycles. The molecule has 0 N–H and O–H groups in total. The van der Waals surface area contributed by atoms with Crippen LogP contribution in [0.5, 0.6) is 0 Å². The molecule has 3 aromatic rings. The Hall–Kier alpha value is -2.67. The number of pyridine rings is 1. The van der Waals surface area contributed by atoms with E-state index in [1.54, 1.807) is 0 Å². The minimum atomic E-state index is 1.04. The van der Waals surface area contributed by atoms with E-state index in [0.717, 1.165) is 5.69 Å². The number of benzene rings is 2. The number of allylic oxidation sites excluding steroid dienone is 2. The molecule has 3 rings (SSSR count). The van der Waals surface area contributed by atoms with Crippen LogP contribution in [0.2, 0.25) is 0 Å². The second-order valence-electron chi connectivity index (χ2n) is 5.73. The molecule has 24 heavy (non-hydrogen) atoms. The quantitative estimate of drug-likeness (QED) is 0.484. The fourth-order valence-corrected chi connectivity index (χ4v) is 2.48. The summed E-state index contributed by atoms with van der Waals surface area (Å²) in [5.74, 6) is 0. The Morgan fingerprint density at radius 3 is 1.92 bits per heavy atom. The molecule has 1 heteroatoms. The van der Waals surface area contributed by atoms with Gasteiger partial charge in [-0.1, -0.05) is 66.7 Å². The fraction of sp³-hybridized carbons (Fsp3) is 0.174. The summed E-state index contributed by atoms with van der Waals surface area (Å²) in [4.78, 5) is 4.65. The Balaban J connectivity index is 0.000000471. The van der Waals surface area contributed by atoms with Gasteiger partial charge in [-0.2, -0.15) is 0 Å². The van der Waals surface area contributed by atoms with Gasteiger partial charge >= 0.3 is 0 Å². The van der Waals surface area contributed by atoms with Crippen molar-refractivity contribution in [3.63, 3.8) is 0 Å². The molecular formula is C23H25N. The summed E-state index contributed by atoms with van der Waals surface area (Å²) >= 11 is 0. The summed E-state index contributed by atoms with van der Waals surface area (Å²) in [6.45, 7) is 8.27. The average Bonchev–Trinajstić information content (AvgIpc) is 2.63. The molecule has 0 spiro atoms. The number of nitrogens with zero attached hydrogens (tertiary/aromatic N) is 1. The van der Waals surface area contributed by atoms with Crippen LogP contribution >= 0.6 is 0 Å². The SMILES string of the molecule is C/C=C\C.Cc1cc(-c2ccccc2C)ncc1-c1ccccc1. The number of aryl methyl sites for hydroxylation is 2. The van der Waals surface area contributed by atoms with Crippen LogP contribution in [0.3, 0.4) is 0 Å². The molecule has 0 radical (unpaired) electrons. The lowest BCUT2D eigenvalue weighted by atomic mass is 9.99. The lowest BCUT2D eigenvalue weighted by Crippen LogP contribution is -1.91. The summed E-state index contributed by atoms with van der Waals surface area (Å²) < 4.78 is 0. The van der Waals surface area contributed by atoms with Gasteiger partial charge in [0.25, 0.3) is 0 Å². The van der Waals surface area contributed by atoms with Crippen molar-refractivity contribution in [2.45, 2.75) is 27.7 Å². The molecule has 122 valence electrons. The Kier molecular flexibility index (Phi) is 6.51. The smallest absolute Gasteiger partial charge is 0.0707 e. The van der Waals surface area contributed by atoms with Gasteiger partial charge in [0.15, 0.2) is 0 Å². The van der Waals surface area contributed by atoms with Crippen molar-refractivity contribution in [3.05, 3.63) is 90.1 Å². The maximum Gasteiger partial charge on any atom is 0.0707 e. The first-order chi connectivity index (χ1) is 11.7. The van der Waals surface area contributed by atoms with E-state index in [-0.39, 0.29) is 0 Å². The molecule has 1 aromatic heterocycles. The summed E-state index contributed by atoms with van der Waals surface area (Å²) in [6.07, 6.45) is 5.98. The highest BCUT2D eigenvalue weighted by atomic mass is 14.7. The van der Waals surface area contributed by atoms with Gasteiger partial charge in [-0.25, -0.2) is 0 Å². The van der Waals surface area contributed by atoms with Gasteiger partial charge < -0.3 is 0 Å². The molecule has 0 aliphatic carbocycles. The van der Waals surface area contributed by atoms with Crippen LogP contribution in [0.25, 0.3) is 22.4 Å². The van der Waals surface area contributed by atoms with E-state index >= 15 is 0 Å². The highest BCUT2D eigenvalue weighted by Crippen LogP contribution is 2.27. The van der Waals surface area contributed by atoms with Gasteiger partial charge in [-0.15, -0.1) is 0 Å². The van der Waals surface area contributed by atoms with Crippen LogP contribution in [-0.4, -0.2) is 4.98 Å². The van der Waals surface area contributed by atoms with Crippen LogP contribution in [0.15, 0.2) is 79.0 Å². The van der Waals surface area contributed by atoms with Crippen molar-refractivity contribution in [2.24, 2.45) is 0 Å². The lowest BCUT2D eigenvalue weighted by molar-refractivity contribution is 1.27. The van der Waals surface area contributed by atoms with Crippen molar-refractivity contribution in [2.75, 3.05) is 0 Å². The van der Waals surface area contributed by atoms with Gasteiger partial charge in [-0.3, -0.25) is 4.98 Å². The van der Waals surface area contributed by atoms with Crippen LogP contribution in [-0.2, 0) is 0 Å². The first-order valence-corrected chi connectivity index (χ1v) is 8.32. The molecule has 0 aliphatic rings. The van der Waals surface area contributed by atoms with Crippen molar-refractivity contribution in [3.8, 4) is 22.4 Å². The third-order valence-electron chi connectivity index (χ3n) is 3.95. The zero-order valence-electron chi connectivity index (χ0n) is 15.0. The molecule has 1 heterocycles. The topological polar surface area (TPSA) is 12.9 Å². The third-order valence-corrected chi connectivity index (χ3v) is 3.95. The van der Waals surface area contributed by atoms with Gasteiger partial charge in [0, 0.05) is 17.3 Å². The summed E-state index contributed by atoms with van der Waals surface area (Å²) in [5.41, 5.74) is 7.17. The Morgan fingerprint density at radius 1 is 0.708 bits per heavy atom. The lowest BCUT2D eigenvalue weighted by Gasteiger charge is -2.10. The first kappa shape index (κ1) is 17.7. The third kappa shape index (κ3) is 4.42. The van der Waals surface area contributed by atoms with E-state index in [9.17, 15) is 0 Å². The van der Waals surface area contributed by atoms with E-state index in [1.165, 1.54) is 27.8 Å². The number of hydrogen-bond acceptors (Lipinski definition) is 1. The molecule has 0 amide bonds. The van der Waals surface area contributed by atoms with Gasteiger partial charge in [0.2, 0.25) is 0 Å². The highest BCUT2D eigenvalue weighted by molar-refractivity contribution is 5.71. The molecule has 0 unspecified atom stereocenters. The predicted octanol–water partition coefficient (Wildman–Crippen LogP) is 6.61. The van der Waals surface area contributed by atoms with Crippen LogP contribution in [0.1, 0.15) is 25.0 Å². The monoisotopic (exact) mass is 315 g/mol. The summed E-state index contributed by atoms with van der Waals surface area (Å²) in [5, 5.41) is 0. The average molecular weight is 315 g/mol. The Bertz CT molecular complexity index is 797. The fourth-order valence-electron chi connectivity index (χ4n) is 2.48. The summed E-state index contributed by atoms with van der Waals surface area (Å²) in [7, 11) is 0. The largest absolute Gasteiger partial charge is 0.256 e. The van der Waals surface area contributed by atoms with Gasteiger partial charge in [0.1, 0.15) is 0 Å². The van der Waals surface area contributed by atoms with Crippen LogP contribution in [0.4, 0.5) is 0 Å². The first-order valence-electron chi connectivity index (χ1n) is 8.32. The standard InChI is InChI=1S/C19H17N.C4H8/c1-14-8-6-7-11-17(14)19-12-15(2)18(13-20-19)16-9-4-3-5-10-16;1-3-4-2/h3-13H,1-2H3;3-4H,1-2H3/b;4-3-. The molecule has 0 bridgehead atoms. The molecule has 1 nitrogen and oxygen atoms in total. The molecular weight excluding hydrogens is 290 g/mol. The predicted molar refractivity (Wildman–Crippen MR) is 105 cm³/mol. The minimum Gasteiger partial charge on any atom is -0.256 e. The van der Waals surface area contributed by atoms with Crippen molar-refractivity contribution in [1.29, 1.82) is 0 Å². The number of aromatic nitrogens is 1. The van der Waals surface area contributed by atoms with Crippen molar-refractivity contribution in [1.82, 2.24) is 4.98 Å². The van der Waals surface area contributed by atoms with Gasteiger partial charge in [0.05, 0.1) is 5.69 Å². The molecule has 0 saturated heterocycles. The molecule has 0 atom stereocenters. The second-order valence-corrected chi connectivity index (χ2v) is 5.73. The number of hydrogen-bond donors (Lipinski definition) is 0. The van der Waals surface area contributed by atoms with Crippen LogP contribution in [0, 0.1) is 13.8 Å². The van der Waals surface area contributed by atoms with Crippen molar-refractivity contribution >= 4 is 0 Å². The zero-order valence-corrected chi connectivity index (χ0v) is 15.0. The van der Waals surface area contributed by atoms with E-state index in [0.29, 0.717) is 0 Å². The van der Waals surface area contributed by atoms with Gasteiger partial charge in [-0.05, 0) is 50.5 Å². The maximum atomic E-state index is 4.65. The Morgan fingerprint density at radius 2 is 1.33 bits per heavy atom. The molecule has 2 aromatic carbocycles. The normalized spacial score (nSPS) is 10.3. The van der Waals surface area contributed by atoms with E-state index < -0.39 is 0 Å². The molecule has 0 aliphatic heterocycles. The number of rotatable bonds is 2. The van der Waals surface area contributed by atoms with E-state index in [2.05, 4.69) is 73.4 Å². The minimum absolute atomic E-state index is 1.04. The van der Waals surface area contributed by atoms with Crippen LogP contribution < -0.4 is 0 Å². The maximum absolute atomic E-state index is 4.65. The Labute approximate surface area is 145 Å². The molecule has 0 fully saturated rings. The van der Waals surface area contributed by atoms with Crippen molar-refractivity contribution < 1.29 is 0 Å². The zero-order chi connectivity index (χ0) is 17.4. The van der Waals surface area contributed by atoms with E-state index in [4.69, 9.17) is 0 Å².